The second kappa shape index (κ2) is 6.91. The fourth-order valence-electron chi connectivity index (χ4n) is 7.27. The van der Waals surface area contributed by atoms with Gasteiger partial charge in [0.15, 0.2) is 11.6 Å². The van der Waals surface area contributed by atoms with Gasteiger partial charge in [0.05, 0.1) is 11.8 Å². The molecule has 9 rings (SSSR count). The van der Waals surface area contributed by atoms with Gasteiger partial charge in [0, 0.05) is 42.4 Å². The summed E-state index contributed by atoms with van der Waals surface area (Å²) in [4.78, 5) is 27.3. The molecule has 0 amide bonds. The summed E-state index contributed by atoms with van der Waals surface area (Å²) >= 11 is 14.1. The first kappa shape index (κ1) is 21.0. The van der Waals surface area contributed by atoms with E-state index in [1.54, 1.807) is 0 Å². The van der Waals surface area contributed by atoms with E-state index in [1.807, 2.05) is 85.0 Å². The molecule has 0 bridgehead atoms. The summed E-state index contributed by atoms with van der Waals surface area (Å²) in [5.74, 6) is -0.469. The number of hydrogen-bond acceptors (Lipinski definition) is 2. The fourth-order valence-corrected chi connectivity index (χ4v) is 7.89. The summed E-state index contributed by atoms with van der Waals surface area (Å²) in [6, 6.07) is 12.0. The minimum absolute atomic E-state index is 0.0899. The summed E-state index contributed by atoms with van der Waals surface area (Å²) in [5.41, 5.74) is 3.28. The normalized spacial score (nSPS) is 21.0. The lowest BCUT2D eigenvalue weighted by Crippen LogP contribution is -2.29. The second-order valence-electron chi connectivity index (χ2n) is 10.5. The van der Waals surface area contributed by atoms with Crippen LogP contribution in [0.1, 0.15) is 20.7 Å². The van der Waals surface area contributed by atoms with Crippen molar-refractivity contribution in [3.8, 4) is 0 Å². The van der Waals surface area contributed by atoms with E-state index in [-0.39, 0.29) is 23.4 Å². The molecule has 5 aromatic rings. The van der Waals surface area contributed by atoms with Crippen molar-refractivity contribution in [3.63, 3.8) is 0 Å². The monoisotopic (exact) mass is 526 g/mol. The molecular formula is C34H16Cl2O2. The van der Waals surface area contributed by atoms with E-state index in [0.717, 1.165) is 64.7 Å². The molecule has 2 atom stereocenters. The lowest BCUT2D eigenvalue weighted by molar-refractivity contribution is 0.0961. The first-order chi connectivity index (χ1) is 18.5. The zero-order chi connectivity index (χ0) is 25.4. The smallest absolute Gasteiger partial charge is 0.174 e. The quantitative estimate of drug-likeness (QED) is 0.157. The Hall–Kier alpha value is -3.98. The van der Waals surface area contributed by atoms with Gasteiger partial charge in [0.25, 0.3) is 0 Å². The Kier molecular flexibility index (Phi) is 3.82. The standard InChI is InChI=1S/C34H16Cl2O2/c35-25-13-23-18-10-12-22-32-28(18)24(14-26(36)30(32)16-6-2-4-8-20(16)34(22)38)17-9-11-21-31(27(17)23)29(25)15-5-1-3-7-19(15)33(21)37/h1-14,19-20H. The first-order valence-corrected chi connectivity index (χ1v) is 13.4. The molecule has 0 fully saturated rings. The van der Waals surface area contributed by atoms with Crippen molar-refractivity contribution in [2.45, 2.75) is 0 Å². The number of carbonyl (C=O) groups excluding carboxylic acids is 2. The molecule has 0 aromatic heterocycles. The van der Waals surface area contributed by atoms with Crippen molar-refractivity contribution in [1.29, 1.82) is 0 Å². The summed E-state index contributed by atoms with van der Waals surface area (Å²) in [5, 5.41) is 11.0. The number of allylic oxidation sites excluding steroid dienone is 8. The number of carbonyl (C=O) groups is 2. The van der Waals surface area contributed by atoms with Crippen LogP contribution in [0.15, 0.2) is 85.0 Å². The van der Waals surface area contributed by atoms with Crippen LogP contribution >= 0.6 is 23.2 Å². The van der Waals surface area contributed by atoms with E-state index >= 15 is 0 Å². The van der Waals surface area contributed by atoms with Crippen LogP contribution in [0.2, 0.25) is 10.0 Å². The minimum atomic E-state index is -0.324. The Bertz CT molecular complexity index is 2130. The van der Waals surface area contributed by atoms with Gasteiger partial charge in [-0.15, -0.1) is 0 Å². The fraction of sp³-hybridized carbons (Fsp3) is 0.0588. The molecule has 4 heteroatoms. The van der Waals surface area contributed by atoms with Crippen LogP contribution in [0.3, 0.4) is 0 Å². The number of rotatable bonds is 0. The average Bonchev–Trinajstić information content (AvgIpc) is 2.94. The lowest BCUT2D eigenvalue weighted by atomic mass is 9.75. The van der Waals surface area contributed by atoms with Gasteiger partial charge in [-0.05, 0) is 55.6 Å². The highest BCUT2D eigenvalue weighted by atomic mass is 35.5. The summed E-state index contributed by atoms with van der Waals surface area (Å²) in [6.45, 7) is 0. The van der Waals surface area contributed by atoms with Crippen LogP contribution in [0.4, 0.5) is 0 Å². The minimum Gasteiger partial charge on any atom is -0.293 e. The highest BCUT2D eigenvalue weighted by Gasteiger charge is 2.34. The molecule has 4 aliphatic rings. The molecule has 5 aromatic carbocycles. The van der Waals surface area contributed by atoms with E-state index in [4.69, 9.17) is 23.2 Å². The van der Waals surface area contributed by atoms with Gasteiger partial charge < -0.3 is 0 Å². The van der Waals surface area contributed by atoms with Crippen LogP contribution in [0.25, 0.3) is 54.2 Å². The molecule has 38 heavy (non-hydrogen) atoms. The van der Waals surface area contributed by atoms with Gasteiger partial charge in [-0.3, -0.25) is 9.59 Å². The number of Topliss-reactive ketones (excluding diaryl/α,β-unsaturated/α-hetero) is 2. The molecule has 0 radical (unpaired) electrons. The van der Waals surface area contributed by atoms with Gasteiger partial charge >= 0.3 is 0 Å². The zero-order valence-corrected chi connectivity index (χ0v) is 21.3. The Balaban J connectivity index is 1.60. The molecular weight excluding hydrogens is 511 g/mol. The van der Waals surface area contributed by atoms with Gasteiger partial charge in [-0.25, -0.2) is 0 Å². The van der Waals surface area contributed by atoms with Crippen molar-refractivity contribution in [3.05, 3.63) is 117 Å². The van der Waals surface area contributed by atoms with Crippen molar-refractivity contribution in [2.75, 3.05) is 0 Å². The highest BCUT2D eigenvalue weighted by Crippen LogP contribution is 2.45. The lowest BCUT2D eigenvalue weighted by Gasteiger charge is -2.27. The molecule has 0 spiro atoms. The number of halogens is 2. The maximum atomic E-state index is 13.7. The molecule has 0 heterocycles. The Morgan fingerprint density at radius 2 is 0.974 bits per heavy atom. The Morgan fingerprint density at radius 1 is 0.526 bits per heavy atom. The molecule has 2 unspecified atom stereocenters. The maximum absolute atomic E-state index is 13.7. The van der Waals surface area contributed by atoms with Gasteiger partial charge in [0.1, 0.15) is 0 Å². The second-order valence-corrected chi connectivity index (χ2v) is 11.3. The van der Waals surface area contributed by atoms with Crippen molar-refractivity contribution in [1.82, 2.24) is 0 Å². The number of ketones is 2. The van der Waals surface area contributed by atoms with E-state index < -0.39 is 0 Å². The van der Waals surface area contributed by atoms with Gasteiger partial charge in [-0.1, -0.05) is 96.1 Å². The molecule has 178 valence electrons. The summed E-state index contributed by atoms with van der Waals surface area (Å²) < 4.78 is 0. The topological polar surface area (TPSA) is 34.1 Å². The van der Waals surface area contributed by atoms with E-state index in [1.165, 1.54) is 0 Å². The third-order valence-electron chi connectivity index (χ3n) is 8.77. The van der Waals surface area contributed by atoms with Gasteiger partial charge in [0.2, 0.25) is 0 Å². The van der Waals surface area contributed by atoms with Crippen molar-refractivity contribution in [2.24, 2.45) is 11.8 Å². The average molecular weight is 527 g/mol. The number of benzene rings is 5. The van der Waals surface area contributed by atoms with E-state index in [0.29, 0.717) is 21.2 Å². The predicted molar refractivity (Wildman–Crippen MR) is 156 cm³/mol. The van der Waals surface area contributed by atoms with Crippen LogP contribution in [-0.2, 0) is 0 Å². The molecule has 0 saturated heterocycles. The SMILES string of the molecule is O=C1c2ccc3c4cc(Cl)c5c6c(ccc(c7cc(Cl)c(c2c37)=C2C=CC=CC12)c64)C(=O)C1C=CC=CC=51. The molecule has 0 aliphatic heterocycles. The van der Waals surface area contributed by atoms with Crippen LogP contribution in [0.5, 0.6) is 0 Å². The maximum Gasteiger partial charge on any atom is 0.174 e. The highest BCUT2D eigenvalue weighted by molar-refractivity contribution is 6.42. The van der Waals surface area contributed by atoms with Crippen LogP contribution in [0, 0.1) is 11.8 Å². The van der Waals surface area contributed by atoms with Crippen LogP contribution < -0.4 is 10.4 Å². The molecule has 4 aliphatic carbocycles. The first-order valence-electron chi connectivity index (χ1n) is 12.7. The summed E-state index contributed by atoms with van der Waals surface area (Å²) in [6.07, 6.45) is 15.7. The molecule has 0 saturated carbocycles. The van der Waals surface area contributed by atoms with E-state index in [2.05, 4.69) is 0 Å². The third-order valence-corrected chi connectivity index (χ3v) is 9.37. The van der Waals surface area contributed by atoms with Crippen LogP contribution in [-0.4, -0.2) is 11.6 Å². The number of fused-ring (bicyclic) bond motifs is 4. The zero-order valence-electron chi connectivity index (χ0n) is 19.8. The summed E-state index contributed by atoms with van der Waals surface area (Å²) in [7, 11) is 0. The van der Waals surface area contributed by atoms with Crippen molar-refractivity contribution >= 4 is 89.0 Å². The Morgan fingerprint density at radius 3 is 1.42 bits per heavy atom. The molecule has 0 N–H and O–H groups in total. The third kappa shape index (κ3) is 2.29. The molecule has 2 nitrogen and oxygen atoms in total. The van der Waals surface area contributed by atoms with Crippen molar-refractivity contribution < 1.29 is 9.59 Å². The van der Waals surface area contributed by atoms with E-state index in [9.17, 15) is 9.59 Å². The predicted octanol–water partition coefficient (Wildman–Crippen LogP) is 7.22. The Labute approximate surface area is 226 Å². The largest absolute Gasteiger partial charge is 0.293 e. The number of hydrogen-bond donors (Lipinski definition) is 0. The van der Waals surface area contributed by atoms with Gasteiger partial charge in [-0.2, -0.15) is 0 Å².